The summed E-state index contributed by atoms with van der Waals surface area (Å²) < 4.78 is 11.0. The van der Waals surface area contributed by atoms with Crippen molar-refractivity contribution in [1.82, 2.24) is 15.6 Å². The summed E-state index contributed by atoms with van der Waals surface area (Å²) in [5.74, 6) is 3.47. The van der Waals surface area contributed by atoms with Gasteiger partial charge in [-0.2, -0.15) is 0 Å². The second kappa shape index (κ2) is 24.6. The Morgan fingerprint density at radius 3 is 2.60 bits per heavy atom. The molecule has 12 N–H and O–H groups in total. The van der Waals surface area contributed by atoms with Crippen LogP contribution in [0.1, 0.15) is 114 Å². The van der Waals surface area contributed by atoms with E-state index in [1.807, 2.05) is 44.3 Å². The van der Waals surface area contributed by atoms with Gasteiger partial charge in [0.2, 0.25) is 5.70 Å². The SMILES string of the molecule is CNCC(NCC(C)O)C1[C+]2C=C(C(O)COc3cc(CC[C-]4C=C(CO)C(CCCCCCC(N)CCC(O)CCc5ccnc(N)c5)[OH+]4)ccc3O)N=C2CCC2CCCC21. The molecule has 0 bridgehead atoms. The van der Waals surface area contributed by atoms with Gasteiger partial charge < -0.3 is 57.1 Å². The number of aliphatic imine (C=N–C) groups is 1. The number of fused-ring (bicyclic) bond motifs is 2. The maximum absolute atomic E-state index is 11.4. The van der Waals surface area contributed by atoms with Crippen LogP contribution in [-0.4, -0.2) is 111 Å². The molecular weight excluding hydrogens is 797 g/mol. The molecule has 13 heteroatoms. The predicted octanol–water partition coefficient (Wildman–Crippen LogP) is 5.14. The Morgan fingerprint density at radius 1 is 0.984 bits per heavy atom. The largest absolute Gasteiger partial charge is 0.504 e. The van der Waals surface area contributed by atoms with Crippen LogP contribution >= 0.6 is 0 Å². The van der Waals surface area contributed by atoms with E-state index in [0.717, 1.165) is 99.3 Å². The lowest BCUT2D eigenvalue weighted by molar-refractivity contribution is -0.0552. The van der Waals surface area contributed by atoms with Crippen LogP contribution in [0.4, 0.5) is 5.82 Å². The lowest BCUT2D eigenvalue weighted by Crippen LogP contribution is -2.50. The number of aryl methyl sites for hydroxylation is 2. The maximum atomic E-state index is 11.4. The van der Waals surface area contributed by atoms with Gasteiger partial charge in [-0.05, 0) is 125 Å². The summed E-state index contributed by atoms with van der Waals surface area (Å²) in [5, 5.41) is 59.8. The number of hydrogen-bond acceptors (Lipinski definition) is 12. The number of pyridine rings is 1. The van der Waals surface area contributed by atoms with Gasteiger partial charge in [-0.25, -0.2) is 4.98 Å². The molecule has 2 aromatic rings. The Balaban J connectivity index is 0.907. The van der Waals surface area contributed by atoms with Crippen LogP contribution in [-0.2, 0) is 12.8 Å². The molecule has 9 unspecified atom stereocenters. The van der Waals surface area contributed by atoms with Gasteiger partial charge in [0.15, 0.2) is 17.6 Å². The molecule has 13 nitrogen and oxygen atoms in total. The van der Waals surface area contributed by atoms with Gasteiger partial charge in [0, 0.05) is 50.8 Å². The van der Waals surface area contributed by atoms with Crippen molar-refractivity contribution in [2.24, 2.45) is 28.5 Å². The summed E-state index contributed by atoms with van der Waals surface area (Å²) in [4.78, 5) is 9.01. The van der Waals surface area contributed by atoms with Gasteiger partial charge in [0.1, 0.15) is 36.2 Å². The number of anilines is 1. The Morgan fingerprint density at radius 2 is 1.81 bits per heavy atom. The normalized spacial score (nSPS) is 23.3. The molecular formula is C50H77N6O7+. The Kier molecular flexibility index (Phi) is 19.0. The van der Waals surface area contributed by atoms with Crippen molar-refractivity contribution < 1.29 is 35.0 Å². The molecule has 0 spiro atoms. The summed E-state index contributed by atoms with van der Waals surface area (Å²) in [7, 11) is 1.97. The van der Waals surface area contributed by atoms with E-state index in [1.165, 1.54) is 25.2 Å². The summed E-state index contributed by atoms with van der Waals surface area (Å²) >= 11 is 0. The van der Waals surface area contributed by atoms with Gasteiger partial charge in [-0.15, -0.1) is 16.6 Å². The van der Waals surface area contributed by atoms with E-state index >= 15 is 0 Å². The number of nitrogens with one attached hydrogen (secondary N) is 2. The number of allylic oxidation sites excluding steroid dienone is 1. The van der Waals surface area contributed by atoms with E-state index in [4.69, 9.17) is 25.9 Å². The van der Waals surface area contributed by atoms with Crippen LogP contribution in [0.25, 0.3) is 0 Å². The van der Waals surface area contributed by atoms with Crippen molar-refractivity contribution in [2.45, 2.75) is 153 Å². The second-order valence-electron chi connectivity index (χ2n) is 18.7. The monoisotopic (exact) mass is 874 g/mol. The van der Waals surface area contributed by atoms with Crippen LogP contribution in [0, 0.1) is 29.8 Å². The fourth-order valence-electron chi connectivity index (χ4n) is 10.3. The van der Waals surface area contributed by atoms with Gasteiger partial charge in [0.05, 0.1) is 24.2 Å². The summed E-state index contributed by atoms with van der Waals surface area (Å²) in [6, 6.07) is 9.36. The first-order valence-electron chi connectivity index (χ1n) is 23.9. The minimum absolute atomic E-state index is 0.00180. The Labute approximate surface area is 375 Å². The van der Waals surface area contributed by atoms with Crippen molar-refractivity contribution in [3.8, 4) is 11.5 Å². The predicted molar refractivity (Wildman–Crippen MR) is 250 cm³/mol. The van der Waals surface area contributed by atoms with E-state index < -0.39 is 12.2 Å². The van der Waals surface area contributed by atoms with Crippen molar-refractivity contribution in [3.05, 3.63) is 83.1 Å². The highest BCUT2D eigenvalue weighted by Gasteiger charge is 2.52. The first-order chi connectivity index (χ1) is 30.5. The number of nitrogens with two attached hydrogens (primary N) is 2. The van der Waals surface area contributed by atoms with Gasteiger partial charge in [-0.3, -0.25) is 0 Å². The molecule has 0 radical (unpaired) electrons. The highest BCUT2D eigenvalue weighted by Crippen LogP contribution is 2.50. The number of aromatic nitrogens is 1. The van der Waals surface area contributed by atoms with E-state index in [9.17, 15) is 25.5 Å². The molecule has 9 atom stereocenters. The van der Waals surface area contributed by atoms with Gasteiger partial charge >= 0.3 is 0 Å². The summed E-state index contributed by atoms with van der Waals surface area (Å²) in [6.07, 6.45) is 21.1. The average Bonchev–Trinajstić information content (AvgIpc) is 4.01. The summed E-state index contributed by atoms with van der Waals surface area (Å²) in [6.45, 7) is 3.05. The molecule has 3 heterocycles. The number of nitrogen functional groups attached to an aromatic ring is 1. The maximum Gasteiger partial charge on any atom is 0.208 e. The van der Waals surface area contributed by atoms with Gasteiger partial charge in [-0.1, -0.05) is 38.2 Å². The molecule has 2 aliphatic heterocycles. The number of rotatable bonds is 27. The third-order valence-electron chi connectivity index (χ3n) is 13.7. The summed E-state index contributed by atoms with van der Waals surface area (Å²) in [5.41, 5.74) is 16.8. The fraction of sp³-hybridized carbons (Fsp3) is 0.640. The van der Waals surface area contributed by atoms with Crippen molar-refractivity contribution in [2.75, 3.05) is 39.1 Å². The molecule has 2 aliphatic carbocycles. The van der Waals surface area contributed by atoms with E-state index in [-0.39, 0.29) is 49.2 Å². The third kappa shape index (κ3) is 14.4. The minimum Gasteiger partial charge on any atom is -0.504 e. The molecule has 4 aliphatic rings. The molecule has 0 saturated heterocycles. The zero-order valence-corrected chi connectivity index (χ0v) is 37.8. The number of aliphatic hydroxyl groups is 6. The number of phenols is 1. The number of nitrogens with zero attached hydrogens (tertiary/aromatic N) is 2. The Bertz CT molecular complexity index is 1810. The number of aliphatic hydroxyl groups excluding tert-OH is 4. The molecule has 63 heavy (non-hydrogen) atoms. The smallest absolute Gasteiger partial charge is 0.208 e. The first kappa shape index (κ1) is 48.8. The van der Waals surface area contributed by atoms with Crippen LogP contribution in [0.2, 0.25) is 0 Å². The van der Waals surface area contributed by atoms with Crippen LogP contribution < -0.4 is 26.8 Å². The molecule has 1 aromatic carbocycles. The number of likely N-dealkylation sites (N-methyl/N-ethyl adjacent to an activating group) is 1. The Hall–Kier alpha value is -3.66. The topological polar surface area (TPSA) is 225 Å². The van der Waals surface area contributed by atoms with Crippen LogP contribution in [0.15, 0.2) is 64.9 Å². The second-order valence-corrected chi connectivity index (χ2v) is 18.7. The van der Waals surface area contributed by atoms with E-state index in [0.29, 0.717) is 61.3 Å². The van der Waals surface area contributed by atoms with Crippen molar-refractivity contribution in [1.29, 1.82) is 0 Å². The lowest BCUT2D eigenvalue weighted by Gasteiger charge is -2.33. The molecule has 0 amide bonds. The zero-order chi connectivity index (χ0) is 44.7. The van der Waals surface area contributed by atoms with Gasteiger partial charge in [0.25, 0.3) is 0 Å². The molecule has 1 aromatic heterocycles. The van der Waals surface area contributed by atoms with E-state index in [1.54, 1.807) is 12.3 Å². The molecule has 6 rings (SSSR count). The quantitative estimate of drug-likeness (QED) is 0.0325. The third-order valence-corrected chi connectivity index (χ3v) is 13.7. The fourth-order valence-corrected chi connectivity index (χ4v) is 10.3. The first-order valence-corrected chi connectivity index (χ1v) is 23.9. The number of benzene rings is 1. The number of ether oxygens (including phenoxy) is 2. The highest BCUT2D eigenvalue weighted by atomic mass is 16.5. The van der Waals surface area contributed by atoms with Crippen molar-refractivity contribution >= 4 is 11.5 Å². The average molecular weight is 874 g/mol. The van der Waals surface area contributed by atoms with Crippen LogP contribution in [0.3, 0.4) is 0 Å². The zero-order valence-electron chi connectivity index (χ0n) is 37.8. The minimum atomic E-state index is -0.960. The van der Waals surface area contributed by atoms with Crippen LogP contribution in [0.5, 0.6) is 11.5 Å². The number of aromatic hydroxyl groups is 1. The highest BCUT2D eigenvalue weighted by molar-refractivity contribution is 6.03. The van der Waals surface area contributed by atoms with Crippen molar-refractivity contribution in [3.63, 3.8) is 0 Å². The molecule has 2 fully saturated rings. The number of hydrogen-bond donors (Lipinski definition) is 9. The lowest BCUT2D eigenvalue weighted by atomic mass is 9.72. The standard InChI is InChI=1S/C50H76N6O7/c1-32(58)28-55-44(29-53-2)50-40-10-7-8-35(40)15-20-42-41(50)27-43(56-42)46(61)31-62-48-24-33(14-21-45(48)60)13-19-39-26-36(30-57)47(63-39)11-6-4-3-5-9-37(51)16-18-38(59)17-12-34-22-23-54-49(52)25-34/h14,21-27,32,35,37-38,40,44,46-47,50,53,55,57-59,61,63H,3-13,15-20,28-31,51H2,1-2H3,(H2-,52,54,60)/p+1. The molecule has 348 valence electrons. The van der Waals surface area contributed by atoms with E-state index in [2.05, 4.69) is 21.7 Å². The number of phenolic OH excluding ortho intramolecular Hbond substituents is 1. The molecule has 2 saturated carbocycles. The number of unbranched alkanes of at least 4 members (excludes halogenated alkanes) is 3.